The first-order valence-corrected chi connectivity index (χ1v) is 10.1. The van der Waals surface area contributed by atoms with Gasteiger partial charge >= 0.3 is 0 Å². The fourth-order valence-electron chi connectivity index (χ4n) is 4.89. The van der Waals surface area contributed by atoms with E-state index in [0.29, 0.717) is 17.4 Å². The number of halogens is 1. The van der Waals surface area contributed by atoms with Gasteiger partial charge in [-0.05, 0) is 42.9 Å². The molecule has 2 unspecified atom stereocenters. The molecule has 26 heavy (non-hydrogen) atoms. The van der Waals surface area contributed by atoms with Crippen molar-refractivity contribution in [2.24, 2.45) is 21.7 Å². The molecule has 0 saturated carbocycles. The van der Waals surface area contributed by atoms with E-state index in [1.807, 2.05) is 7.05 Å². The average Bonchev–Trinajstić information content (AvgIpc) is 2.99. The molecule has 0 bridgehead atoms. The Labute approximate surface area is 176 Å². The number of nitrogens with one attached hydrogen (secondary N) is 1. The van der Waals surface area contributed by atoms with Gasteiger partial charge in [-0.15, -0.1) is 24.0 Å². The Hall–Kier alpha value is -0.0800. The van der Waals surface area contributed by atoms with Crippen LogP contribution in [0.25, 0.3) is 0 Å². The molecule has 3 aliphatic heterocycles. The minimum Gasteiger partial charge on any atom is -0.381 e. The lowest BCUT2D eigenvalue weighted by molar-refractivity contribution is -0.0836. The molecule has 0 aromatic carbocycles. The van der Waals surface area contributed by atoms with Crippen molar-refractivity contribution in [2.45, 2.75) is 59.0 Å². The van der Waals surface area contributed by atoms with Gasteiger partial charge < -0.3 is 19.7 Å². The van der Waals surface area contributed by atoms with Crippen LogP contribution in [-0.2, 0) is 9.47 Å². The van der Waals surface area contributed by atoms with Crippen molar-refractivity contribution in [2.75, 3.05) is 46.5 Å². The normalized spacial score (nSPS) is 29.5. The van der Waals surface area contributed by atoms with Gasteiger partial charge in [0.15, 0.2) is 5.96 Å². The van der Waals surface area contributed by atoms with Crippen LogP contribution < -0.4 is 5.32 Å². The zero-order valence-electron chi connectivity index (χ0n) is 17.1. The summed E-state index contributed by atoms with van der Waals surface area (Å²) in [6.07, 6.45) is 6.41. The lowest BCUT2D eigenvalue weighted by Gasteiger charge is -2.40. The van der Waals surface area contributed by atoms with Crippen molar-refractivity contribution in [1.29, 1.82) is 0 Å². The molecular formula is C20H38IN3O2. The highest BCUT2D eigenvalue weighted by molar-refractivity contribution is 14.0. The first-order chi connectivity index (χ1) is 11.9. The fraction of sp³-hybridized carbons (Fsp3) is 0.950. The van der Waals surface area contributed by atoms with Crippen molar-refractivity contribution < 1.29 is 9.47 Å². The summed E-state index contributed by atoms with van der Waals surface area (Å²) in [7, 11) is 1.91. The predicted octanol–water partition coefficient (Wildman–Crippen LogP) is 3.52. The van der Waals surface area contributed by atoms with Crippen LogP contribution in [0.15, 0.2) is 4.99 Å². The second-order valence-corrected chi connectivity index (χ2v) is 9.27. The van der Waals surface area contributed by atoms with Gasteiger partial charge in [0.05, 0.1) is 6.10 Å². The molecule has 5 nitrogen and oxygen atoms in total. The van der Waals surface area contributed by atoms with Crippen LogP contribution in [0.2, 0.25) is 0 Å². The van der Waals surface area contributed by atoms with E-state index < -0.39 is 0 Å². The summed E-state index contributed by atoms with van der Waals surface area (Å²) in [5.41, 5.74) is 0.647. The van der Waals surface area contributed by atoms with Gasteiger partial charge in [-0.1, -0.05) is 20.8 Å². The first kappa shape index (κ1) is 22.2. The molecule has 0 aromatic heterocycles. The molecule has 1 N–H and O–H groups in total. The molecule has 152 valence electrons. The Morgan fingerprint density at radius 2 is 1.92 bits per heavy atom. The van der Waals surface area contributed by atoms with Gasteiger partial charge in [0, 0.05) is 52.4 Å². The molecule has 0 aliphatic carbocycles. The smallest absolute Gasteiger partial charge is 0.193 e. The summed E-state index contributed by atoms with van der Waals surface area (Å²) in [5.74, 6) is 1.63. The number of nitrogens with zero attached hydrogens (tertiary/aromatic N) is 2. The molecular weight excluding hydrogens is 441 g/mol. The van der Waals surface area contributed by atoms with E-state index in [-0.39, 0.29) is 29.4 Å². The van der Waals surface area contributed by atoms with Gasteiger partial charge in [0.2, 0.25) is 0 Å². The third-order valence-electron chi connectivity index (χ3n) is 6.32. The first-order valence-electron chi connectivity index (χ1n) is 10.1. The Bertz CT molecular complexity index is 472. The number of aliphatic imine (C=N–C) groups is 1. The van der Waals surface area contributed by atoms with Crippen molar-refractivity contribution in [3.8, 4) is 0 Å². The maximum Gasteiger partial charge on any atom is 0.193 e. The lowest BCUT2D eigenvalue weighted by atomic mass is 9.78. The maximum absolute atomic E-state index is 6.13. The highest BCUT2D eigenvalue weighted by atomic mass is 127. The number of hydrogen-bond donors (Lipinski definition) is 1. The summed E-state index contributed by atoms with van der Waals surface area (Å²) in [6, 6.07) is 0. The van der Waals surface area contributed by atoms with Gasteiger partial charge in [0.25, 0.3) is 0 Å². The topological polar surface area (TPSA) is 46.1 Å². The molecule has 6 heteroatoms. The standard InChI is InChI=1S/C20H37N3O2.HI/c1-19(2,3)17-16(6-5-11-25-17)14-22-18(21-4)23-10-7-20(15-23)8-12-24-13-9-20;/h16-17H,5-15H2,1-4H3,(H,21,22);1H. The zero-order chi connectivity index (χ0) is 17.9. The molecule has 0 amide bonds. The highest BCUT2D eigenvalue weighted by Crippen LogP contribution is 2.39. The summed E-state index contributed by atoms with van der Waals surface area (Å²) in [4.78, 5) is 7.04. The maximum atomic E-state index is 6.13. The van der Waals surface area contributed by atoms with Gasteiger partial charge in [-0.2, -0.15) is 0 Å². The molecule has 0 aromatic rings. The Morgan fingerprint density at radius 3 is 2.58 bits per heavy atom. The average molecular weight is 479 g/mol. The van der Waals surface area contributed by atoms with E-state index in [2.05, 4.69) is 36.0 Å². The quantitative estimate of drug-likeness (QED) is 0.374. The van der Waals surface area contributed by atoms with E-state index in [1.165, 1.54) is 32.1 Å². The molecule has 3 heterocycles. The summed E-state index contributed by atoms with van der Waals surface area (Å²) >= 11 is 0. The van der Waals surface area contributed by atoms with Crippen LogP contribution in [0.1, 0.15) is 52.9 Å². The van der Waals surface area contributed by atoms with Crippen molar-refractivity contribution in [1.82, 2.24) is 10.2 Å². The number of ether oxygens (including phenoxy) is 2. The molecule has 1 spiro atoms. The van der Waals surface area contributed by atoms with Crippen LogP contribution in [0.5, 0.6) is 0 Å². The van der Waals surface area contributed by atoms with Gasteiger partial charge in [-0.3, -0.25) is 4.99 Å². The lowest BCUT2D eigenvalue weighted by Crippen LogP contribution is -2.48. The monoisotopic (exact) mass is 479 g/mol. The number of likely N-dealkylation sites (tertiary alicyclic amines) is 1. The second kappa shape index (κ2) is 9.41. The zero-order valence-corrected chi connectivity index (χ0v) is 19.4. The second-order valence-electron chi connectivity index (χ2n) is 9.27. The number of guanidine groups is 1. The fourth-order valence-corrected chi connectivity index (χ4v) is 4.89. The molecule has 2 atom stereocenters. The van der Waals surface area contributed by atoms with Crippen molar-refractivity contribution in [3.63, 3.8) is 0 Å². The highest BCUT2D eigenvalue weighted by Gasteiger charge is 2.41. The van der Waals surface area contributed by atoms with Crippen LogP contribution >= 0.6 is 24.0 Å². The Morgan fingerprint density at radius 1 is 1.19 bits per heavy atom. The van der Waals surface area contributed by atoms with Gasteiger partial charge in [-0.25, -0.2) is 0 Å². The molecule has 3 fully saturated rings. The van der Waals surface area contributed by atoms with Crippen LogP contribution in [0.3, 0.4) is 0 Å². The van der Waals surface area contributed by atoms with Crippen LogP contribution in [0, 0.1) is 16.7 Å². The van der Waals surface area contributed by atoms with E-state index in [9.17, 15) is 0 Å². The summed E-state index contributed by atoms with van der Waals surface area (Å²) < 4.78 is 11.7. The third-order valence-corrected chi connectivity index (χ3v) is 6.32. The Balaban J connectivity index is 0.00000243. The van der Waals surface area contributed by atoms with Crippen LogP contribution in [-0.4, -0.2) is 63.5 Å². The molecule has 3 rings (SSSR count). The molecule has 0 radical (unpaired) electrons. The number of rotatable bonds is 2. The predicted molar refractivity (Wildman–Crippen MR) is 117 cm³/mol. The third kappa shape index (κ3) is 5.25. The van der Waals surface area contributed by atoms with Crippen LogP contribution in [0.4, 0.5) is 0 Å². The SMILES string of the molecule is CN=C(NCC1CCCOC1C(C)(C)C)N1CCC2(CCOCC2)C1.I. The van der Waals surface area contributed by atoms with E-state index in [1.54, 1.807) is 0 Å². The minimum atomic E-state index is 0. The van der Waals surface area contributed by atoms with E-state index >= 15 is 0 Å². The largest absolute Gasteiger partial charge is 0.381 e. The Kier molecular flexibility index (Phi) is 8.04. The minimum absolute atomic E-state index is 0. The van der Waals surface area contributed by atoms with Gasteiger partial charge in [0.1, 0.15) is 0 Å². The molecule has 3 saturated heterocycles. The van der Waals surface area contributed by atoms with Crippen molar-refractivity contribution >= 4 is 29.9 Å². The van der Waals surface area contributed by atoms with Crippen molar-refractivity contribution in [3.05, 3.63) is 0 Å². The van der Waals surface area contributed by atoms with E-state index in [0.717, 1.165) is 45.4 Å². The summed E-state index contributed by atoms with van der Waals surface area (Å²) in [6.45, 7) is 12.8. The molecule has 3 aliphatic rings. The summed E-state index contributed by atoms with van der Waals surface area (Å²) in [5, 5.41) is 3.67. The van der Waals surface area contributed by atoms with E-state index in [4.69, 9.17) is 9.47 Å². The number of hydrogen-bond acceptors (Lipinski definition) is 3.